The minimum absolute atomic E-state index is 0.863. The Morgan fingerprint density at radius 3 is 2.56 bits per heavy atom. The molecule has 5 heteroatoms. The summed E-state index contributed by atoms with van der Waals surface area (Å²) in [6.45, 7) is 4.27. The van der Waals surface area contributed by atoms with Crippen LogP contribution in [-0.4, -0.2) is 30.1 Å². The number of nitrogens with zero attached hydrogens (tertiary/aromatic N) is 3. The molecular formula is C11H17BrN4. The molecule has 1 saturated heterocycles. The summed E-state index contributed by atoms with van der Waals surface area (Å²) in [5.74, 6) is 1.75. The van der Waals surface area contributed by atoms with Crippen molar-refractivity contribution in [3.8, 4) is 0 Å². The fraction of sp³-hybridized carbons (Fsp3) is 0.636. The van der Waals surface area contributed by atoms with Gasteiger partial charge in [-0.05, 0) is 35.2 Å². The van der Waals surface area contributed by atoms with E-state index in [-0.39, 0.29) is 0 Å². The molecule has 1 fully saturated rings. The van der Waals surface area contributed by atoms with Crippen molar-refractivity contribution in [3.63, 3.8) is 0 Å². The van der Waals surface area contributed by atoms with Crippen LogP contribution in [-0.2, 0) is 6.42 Å². The second-order valence-corrected chi connectivity index (χ2v) is 4.72. The lowest BCUT2D eigenvalue weighted by Gasteiger charge is -2.18. The largest absolute Gasteiger partial charge is 0.372 e. The van der Waals surface area contributed by atoms with Gasteiger partial charge < -0.3 is 10.2 Å². The number of aryl methyl sites for hydroxylation is 1. The molecule has 2 rings (SSSR count). The first-order valence-electron chi connectivity index (χ1n) is 5.75. The van der Waals surface area contributed by atoms with Gasteiger partial charge in [0.2, 0.25) is 5.95 Å². The first kappa shape index (κ1) is 11.6. The van der Waals surface area contributed by atoms with E-state index in [0.717, 1.165) is 41.4 Å². The number of aromatic nitrogens is 2. The predicted molar refractivity (Wildman–Crippen MR) is 70.1 cm³/mol. The third-order valence-electron chi connectivity index (χ3n) is 2.87. The van der Waals surface area contributed by atoms with Gasteiger partial charge in [0.05, 0.1) is 10.2 Å². The zero-order valence-electron chi connectivity index (χ0n) is 9.76. The van der Waals surface area contributed by atoms with E-state index in [1.54, 1.807) is 0 Å². The summed E-state index contributed by atoms with van der Waals surface area (Å²) in [6.07, 6.45) is 3.41. The van der Waals surface area contributed by atoms with E-state index in [1.807, 2.05) is 7.05 Å². The van der Waals surface area contributed by atoms with E-state index in [9.17, 15) is 0 Å². The Bertz CT molecular complexity index is 349. The summed E-state index contributed by atoms with van der Waals surface area (Å²) in [6, 6.07) is 0. The fourth-order valence-electron chi connectivity index (χ4n) is 1.94. The second kappa shape index (κ2) is 4.99. The molecule has 0 bridgehead atoms. The van der Waals surface area contributed by atoms with Crippen LogP contribution in [0.4, 0.5) is 11.8 Å². The minimum Gasteiger partial charge on any atom is -0.372 e. The number of hydrogen-bond donors (Lipinski definition) is 1. The van der Waals surface area contributed by atoms with Gasteiger partial charge in [-0.3, -0.25) is 0 Å². The number of hydrogen-bond acceptors (Lipinski definition) is 4. The summed E-state index contributed by atoms with van der Waals surface area (Å²) in [4.78, 5) is 11.4. The molecule has 0 unspecified atom stereocenters. The lowest BCUT2D eigenvalue weighted by atomic mass is 10.3. The van der Waals surface area contributed by atoms with E-state index >= 15 is 0 Å². The molecule has 1 N–H and O–H groups in total. The highest BCUT2D eigenvalue weighted by Crippen LogP contribution is 2.27. The molecular weight excluding hydrogens is 268 g/mol. The van der Waals surface area contributed by atoms with Crippen molar-refractivity contribution in [2.24, 2.45) is 0 Å². The molecule has 0 aliphatic carbocycles. The molecule has 16 heavy (non-hydrogen) atoms. The molecule has 88 valence electrons. The molecule has 0 aromatic carbocycles. The van der Waals surface area contributed by atoms with E-state index in [1.165, 1.54) is 12.8 Å². The topological polar surface area (TPSA) is 41.1 Å². The van der Waals surface area contributed by atoms with Crippen molar-refractivity contribution in [3.05, 3.63) is 10.2 Å². The molecule has 1 aromatic rings. The number of rotatable bonds is 3. The smallest absolute Gasteiger partial charge is 0.227 e. The van der Waals surface area contributed by atoms with E-state index in [0.29, 0.717) is 0 Å². The van der Waals surface area contributed by atoms with Crippen LogP contribution >= 0.6 is 15.9 Å². The monoisotopic (exact) mass is 284 g/mol. The average molecular weight is 285 g/mol. The van der Waals surface area contributed by atoms with Crippen molar-refractivity contribution in [1.82, 2.24) is 9.97 Å². The van der Waals surface area contributed by atoms with Crippen molar-refractivity contribution in [1.29, 1.82) is 0 Å². The zero-order valence-corrected chi connectivity index (χ0v) is 11.3. The van der Waals surface area contributed by atoms with Crippen LogP contribution < -0.4 is 10.2 Å². The van der Waals surface area contributed by atoms with Crippen molar-refractivity contribution in [2.75, 3.05) is 30.4 Å². The molecule has 0 saturated carbocycles. The Morgan fingerprint density at radius 1 is 1.31 bits per heavy atom. The van der Waals surface area contributed by atoms with Crippen LogP contribution in [0.1, 0.15) is 25.5 Å². The third-order valence-corrected chi connectivity index (χ3v) is 3.70. The Morgan fingerprint density at radius 2 is 2.00 bits per heavy atom. The maximum Gasteiger partial charge on any atom is 0.227 e. The van der Waals surface area contributed by atoms with Gasteiger partial charge in [0.25, 0.3) is 0 Å². The first-order chi connectivity index (χ1) is 7.76. The summed E-state index contributed by atoms with van der Waals surface area (Å²) in [5, 5.41) is 3.11. The number of anilines is 2. The first-order valence-corrected chi connectivity index (χ1v) is 6.54. The third kappa shape index (κ3) is 2.14. The van der Waals surface area contributed by atoms with Crippen LogP contribution in [0.15, 0.2) is 4.47 Å². The number of nitrogens with one attached hydrogen (secondary N) is 1. The van der Waals surface area contributed by atoms with Gasteiger partial charge in [-0.2, -0.15) is 4.98 Å². The standard InChI is InChI=1S/C11H17BrN4/c1-3-8-9(12)10(13-2)15-11(14-8)16-6-4-5-7-16/h3-7H2,1-2H3,(H,13,14,15). The molecule has 0 spiro atoms. The second-order valence-electron chi connectivity index (χ2n) is 3.93. The lowest BCUT2D eigenvalue weighted by molar-refractivity contribution is 0.871. The molecule has 0 amide bonds. The summed E-state index contributed by atoms with van der Waals surface area (Å²) in [7, 11) is 1.89. The van der Waals surface area contributed by atoms with E-state index in [4.69, 9.17) is 0 Å². The highest BCUT2D eigenvalue weighted by molar-refractivity contribution is 9.10. The average Bonchev–Trinajstić information content (AvgIpc) is 2.83. The van der Waals surface area contributed by atoms with Crippen molar-refractivity contribution < 1.29 is 0 Å². The van der Waals surface area contributed by atoms with Crippen LogP contribution in [0.2, 0.25) is 0 Å². The van der Waals surface area contributed by atoms with Gasteiger partial charge in [0.1, 0.15) is 5.82 Å². The van der Waals surface area contributed by atoms with Gasteiger partial charge in [-0.15, -0.1) is 0 Å². The van der Waals surface area contributed by atoms with Crippen LogP contribution in [0.5, 0.6) is 0 Å². The lowest BCUT2D eigenvalue weighted by Crippen LogP contribution is -2.21. The van der Waals surface area contributed by atoms with Crippen LogP contribution in [0.25, 0.3) is 0 Å². The van der Waals surface area contributed by atoms with Gasteiger partial charge in [-0.1, -0.05) is 6.92 Å². The molecule has 0 radical (unpaired) electrons. The van der Waals surface area contributed by atoms with Gasteiger partial charge in [0, 0.05) is 20.1 Å². The Hall–Kier alpha value is -0.840. The fourth-order valence-corrected chi connectivity index (χ4v) is 2.59. The molecule has 0 atom stereocenters. The minimum atomic E-state index is 0.863. The quantitative estimate of drug-likeness (QED) is 0.926. The molecule has 1 aromatic heterocycles. The molecule has 2 heterocycles. The maximum absolute atomic E-state index is 4.61. The van der Waals surface area contributed by atoms with Gasteiger partial charge in [0.15, 0.2) is 0 Å². The SMILES string of the molecule is CCc1nc(N2CCCC2)nc(NC)c1Br. The van der Waals surface area contributed by atoms with E-state index < -0.39 is 0 Å². The summed E-state index contributed by atoms with van der Waals surface area (Å²) >= 11 is 3.54. The molecule has 1 aliphatic heterocycles. The van der Waals surface area contributed by atoms with E-state index in [2.05, 4.69) is 43.0 Å². The zero-order chi connectivity index (χ0) is 11.5. The Labute approximate surface area is 105 Å². The molecule has 1 aliphatic rings. The van der Waals surface area contributed by atoms with Crippen molar-refractivity contribution >= 4 is 27.7 Å². The van der Waals surface area contributed by atoms with Crippen LogP contribution in [0.3, 0.4) is 0 Å². The highest BCUT2D eigenvalue weighted by atomic mass is 79.9. The number of halogens is 1. The Kier molecular flexibility index (Phi) is 3.63. The molecule has 4 nitrogen and oxygen atoms in total. The predicted octanol–water partition coefficient (Wildman–Crippen LogP) is 2.44. The summed E-state index contributed by atoms with van der Waals surface area (Å²) in [5.41, 5.74) is 1.07. The van der Waals surface area contributed by atoms with Crippen LogP contribution in [0, 0.1) is 0 Å². The van der Waals surface area contributed by atoms with Gasteiger partial charge in [-0.25, -0.2) is 4.98 Å². The van der Waals surface area contributed by atoms with Crippen molar-refractivity contribution in [2.45, 2.75) is 26.2 Å². The maximum atomic E-state index is 4.61. The van der Waals surface area contributed by atoms with Gasteiger partial charge >= 0.3 is 0 Å². The Balaban J connectivity index is 2.37. The summed E-state index contributed by atoms with van der Waals surface area (Å²) < 4.78 is 0.987. The normalized spacial score (nSPS) is 15.6. The highest BCUT2D eigenvalue weighted by Gasteiger charge is 2.18.